The summed E-state index contributed by atoms with van der Waals surface area (Å²) in [5.74, 6) is 0. The molecule has 1 aliphatic heterocycles. The van der Waals surface area contributed by atoms with Crippen LogP contribution in [0.5, 0.6) is 0 Å². The maximum Gasteiger partial charge on any atom is 0.152 e. The van der Waals surface area contributed by atoms with Gasteiger partial charge in [-0.15, -0.1) is 0 Å². The zero-order valence-electron chi connectivity index (χ0n) is 9.56. The van der Waals surface area contributed by atoms with Gasteiger partial charge in [0, 0.05) is 24.3 Å². The van der Waals surface area contributed by atoms with Gasteiger partial charge in [-0.2, -0.15) is 0 Å². The molecule has 3 heteroatoms. The van der Waals surface area contributed by atoms with Gasteiger partial charge in [-0.05, 0) is 18.6 Å². The van der Waals surface area contributed by atoms with Crippen molar-refractivity contribution < 1.29 is 9.53 Å². The molecular formula is C13H17NO2. The Balaban J connectivity index is 2.19. The minimum atomic E-state index is 0.286. The van der Waals surface area contributed by atoms with Crippen LogP contribution in [-0.4, -0.2) is 32.1 Å². The fourth-order valence-electron chi connectivity index (χ4n) is 2.06. The van der Waals surface area contributed by atoms with E-state index in [2.05, 4.69) is 11.8 Å². The van der Waals surface area contributed by atoms with Crippen molar-refractivity contribution in [2.24, 2.45) is 0 Å². The van der Waals surface area contributed by atoms with E-state index < -0.39 is 0 Å². The number of morpholine rings is 1. The number of hydrogen-bond donors (Lipinski definition) is 0. The molecule has 1 aliphatic rings. The fourth-order valence-corrected chi connectivity index (χ4v) is 2.06. The Morgan fingerprint density at radius 3 is 3.06 bits per heavy atom. The summed E-state index contributed by atoms with van der Waals surface area (Å²) in [5.41, 5.74) is 1.79. The number of benzene rings is 1. The molecule has 0 spiro atoms. The van der Waals surface area contributed by atoms with E-state index in [1.54, 1.807) is 0 Å². The highest BCUT2D eigenvalue weighted by molar-refractivity contribution is 5.84. The molecule has 1 aromatic rings. The molecule has 0 radical (unpaired) electrons. The highest BCUT2D eigenvalue weighted by Gasteiger charge is 2.20. The lowest BCUT2D eigenvalue weighted by atomic mass is 10.1. The topological polar surface area (TPSA) is 29.5 Å². The Kier molecular flexibility index (Phi) is 3.57. The third kappa shape index (κ3) is 2.25. The monoisotopic (exact) mass is 219 g/mol. The Morgan fingerprint density at radius 1 is 1.50 bits per heavy atom. The minimum absolute atomic E-state index is 0.286. The highest BCUT2D eigenvalue weighted by atomic mass is 16.5. The summed E-state index contributed by atoms with van der Waals surface area (Å²) < 4.78 is 5.62. The van der Waals surface area contributed by atoms with E-state index in [9.17, 15) is 4.79 Å². The molecule has 1 unspecified atom stereocenters. The first-order valence-electron chi connectivity index (χ1n) is 5.76. The lowest BCUT2D eigenvalue weighted by molar-refractivity contribution is 0.0384. The summed E-state index contributed by atoms with van der Waals surface area (Å²) in [6.07, 6.45) is 2.22. The molecule has 1 heterocycles. The van der Waals surface area contributed by atoms with Crippen molar-refractivity contribution >= 4 is 12.0 Å². The number of carbonyl (C=O) groups excluding carboxylic acids is 1. The van der Waals surface area contributed by atoms with Gasteiger partial charge in [0.1, 0.15) is 0 Å². The average Bonchev–Trinajstić information content (AvgIpc) is 2.38. The number of carbonyl (C=O) groups is 1. The van der Waals surface area contributed by atoms with Gasteiger partial charge < -0.3 is 9.64 Å². The Labute approximate surface area is 96.0 Å². The van der Waals surface area contributed by atoms with Crippen LogP contribution in [0.4, 0.5) is 5.69 Å². The van der Waals surface area contributed by atoms with Crippen LogP contribution in [0.1, 0.15) is 23.7 Å². The number of ether oxygens (including phenoxy) is 1. The first-order valence-corrected chi connectivity index (χ1v) is 5.76. The van der Waals surface area contributed by atoms with Gasteiger partial charge in [-0.1, -0.05) is 19.1 Å². The predicted molar refractivity (Wildman–Crippen MR) is 64.1 cm³/mol. The molecule has 0 bridgehead atoms. The zero-order valence-corrected chi connectivity index (χ0v) is 9.56. The maximum atomic E-state index is 11.0. The fraction of sp³-hybridized carbons (Fsp3) is 0.462. The lowest BCUT2D eigenvalue weighted by Gasteiger charge is -2.34. The van der Waals surface area contributed by atoms with Crippen molar-refractivity contribution in [3.05, 3.63) is 29.8 Å². The third-order valence-corrected chi connectivity index (χ3v) is 3.00. The van der Waals surface area contributed by atoms with E-state index >= 15 is 0 Å². The quantitative estimate of drug-likeness (QED) is 0.729. The molecule has 0 N–H and O–H groups in total. The predicted octanol–water partition coefficient (Wildman–Crippen LogP) is 2.11. The molecular weight excluding hydrogens is 202 g/mol. The van der Waals surface area contributed by atoms with Crippen molar-refractivity contribution in [2.45, 2.75) is 19.4 Å². The van der Waals surface area contributed by atoms with Gasteiger partial charge >= 0.3 is 0 Å². The SMILES string of the molecule is CCC1CN(c2ccccc2C=O)CCO1. The minimum Gasteiger partial charge on any atom is -0.375 e. The number of rotatable bonds is 3. The number of hydrogen-bond acceptors (Lipinski definition) is 3. The second-order valence-corrected chi connectivity index (χ2v) is 4.02. The Bertz CT molecular complexity index is 365. The second-order valence-electron chi connectivity index (χ2n) is 4.02. The first-order chi connectivity index (χ1) is 7.85. The second kappa shape index (κ2) is 5.12. The van der Waals surface area contributed by atoms with Crippen LogP contribution in [-0.2, 0) is 4.74 Å². The highest BCUT2D eigenvalue weighted by Crippen LogP contribution is 2.21. The summed E-state index contributed by atoms with van der Waals surface area (Å²) in [6, 6.07) is 7.73. The number of aldehydes is 1. The van der Waals surface area contributed by atoms with E-state index in [0.717, 1.165) is 43.7 Å². The zero-order chi connectivity index (χ0) is 11.4. The molecule has 0 aliphatic carbocycles. The molecule has 1 fully saturated rings. The summed E-state index contributed by atoms with van der Waals surface area (Å²) >= 11 is 0. The van der Waals surface area contributed by atoms with E-state index in [0.29, 0.717) is 0 Å². The standard InChI is InChI=1S/C13H17NO2/c1-2-12-9-14(7-8-16-12)13-6-4-3-5-11(13)10-15/h3-6,10,12H,2,7-9H2,1H3. The van der Waals surface area contributed by atoms with Gasteiger partial charge in [-0.3, -0.25) is 4.79 Å². The third-order valence-electron chi connectivity index (χ3n) is 3.00. The van der Waals surface area contributed by atoms with Gasteiger partial charge in [0.05, 0.1) is 12.7 Å². The van der Waals surface area contributed by atoms with Crippen molar-refractivity contribution in [3.63, 3.8) is 0 Å². The summed E-state index contributed by atoms with van der Waals surface area (Å²) in [4.78, 5) is 13.2. The van der Waals surface area contributed by atoms with Crippen LogP contribution in [0.15, 0.2) is 24.3 Å². The molecule has 86 valence electrons. The van der Waals surface area contributed by atoms with Gasteiger partial charge in [0.15, 0.2) is 6.29 Å². The number of anilines is 1. The molecule has 1 aromatic carbocycles. The van der Waals surface area contributed by atoms with Crippen LogP contribution < -0.4 is 4.90 Å². The van der Waals surface area contributed by atoms with Crippen LogP contribution in [0.25, 0.3) is 0 Å². The summed E-state index contributed by atoms with van der Waals surface area (Å²) in [5, 5.41) is 0. The van der Waals surface area contributed by atoms with Crippen molar-refractivity contribution in [2.75, 3.05) is 24.6 Å². The van der Waals surface area contributed by atoms with Gasteiger partial charge in [-0.25, -0.2) is 0 Å². The molecule has 3 nitrogen and oxygen atoms in total. The smallest absolute Gasteiger partial charge is 0.152 e. The van der Waals surface area contributed by atoms with Gasteiger partial charge in [0.2, 0.25) is 0 Å². The maximum absolute atomic E-state index is 11.0. The molecule has 2 rings (SSSR count). The van der Waals surface area contributed by atoms with Crippen LogP contribution in [0.2, 0.25) is 0 Å². The Hall–Kier alpha value is -1.35. The normalized spacial score (nSPS) is 20.8. The van der Waals surface area contributed by atoms with E-state index in [1.807, 2.05) is 24.3 Å². The molecule has 1 saturated heterocycles. The molecule has 1 atom stereocenters. The number of para-hydroxylation sites is 1. The van der Waals surface area contributed by atoms with Crippen LogP contribution in [0.3, 0.4) is 0 Å². The van der Waals surface area contributed by atoms with E-state index in [4.69, 9.17) is 4.74 Å². The largest absolute Gasteiger partial charge is 0.375 e. The Morgan fingerprint density at radius 2 is 2.31 bits per heavy atom. The van der Waals surface area contributed by atoms with E-state index in [-0.39, 0.29) is 6.10 Å². The molecule has 0 aromatic heterocycles. The number of nitrogens with zero attached hydrogens (tertiary/aromatic N) is 1. The molecule has 0 amide bonds. The van der Waals surface area contributed by atoms with Crippen molar-refractivity contribution in [1.29, 1.82) is 0 Å². The van der Waals surface area contributed by atoms with Crippen molar-refractivity contribution in [3.8, 4) is 0 Å². The molecule has 0 saturated carbocycles. The van der Waals surface area contributed by atoms with Crippen molar-refractivity contribution in [1.82, 2.24) is 0 Å². The summed E-state index contributed by atoms with van der Waals surface area (Å²) in [7, 11) is 0. The van der Waals surface area contributed by atoms with E-state index in [1.165, 1.54) is 0 Å². The van der Waals surface area contributed by atoms with Crippen LogP contribution >= 0.6 is 0 Å². The van der Waals surface area contributed by atoms with Gasteiger partial charge in [0.25, 0.3) is 0 Å². The summed E-state index contributed by atoms with van der Waals surface area (Å²) in [6.45, 7) is 4.61. The van der Waals surface area contributed by atoms with Crippen LogP contribution in [0, 0.1) is 0 Å². The molecule has 16 heavy (non-hydrogen) atoms. The average molecular weight is 219 g/mol. The first kappa shape index (κ1) is 11.1. The lowest BCUT2D eigenvalue weighted by Crippen LogP contribution is -2.42.